The third-order valence-corrected chi connectivity index (χ3v) is 2.89. The standard InChI is InChI=1S/C14H14O3S/c1-11(15)18-10-4-7-12-5-2-3-6-13(12)8-9-14(16)17/h2-3,5-6H,8-10H2,1H3,(H,16,17). The molecule has 0 heterocycles. The number of carboxylic acid groups (broad SMARTS) is 1. The zero-order chi connectivity index (χ0) is 13.4. The molecule has 0 aliphatic heterocycles. The van der Waals surface area contributed by atoms with Gasteiger partial charge in [0.05, 0.1) is 5.75 Å². The van der Waals surface area contributed by atoms with Crippen molar-refractivity contribution in [2.75, 3.05) is 5.75 Å². The van der Waals surface area contributed by atoms with Crippen LogP contribution in [-0.4, -0.2) is 21.9 Å². The molecule has 0 saturated carbocycles. The number of carbonyl (C=O) groups excluding carboxylic acids is 1. The topological polar surface area (TPSA) is 54.4 Å². The number of carboxylic acids is 1. The number of rotatable bonds is 4. The largest absolute Gasteiger partial charge is 0.481 e. The Bertz CT molecular complexity index is 497. The molecular weight excluding hydrogens is 248 g/mol. The summed E-state index contributed by atoms with van der Waals surface area (Å²) in [6, 6.07) is 7.48. The summed E-state index contributed by atoms with van der Waals surface area (Å²) in [7, 11) is 0. The fraction of sp³-hybridized carbons (Fsp3) is 0.286. The van der Waals surface area contributed by atoms with Crippen molar-refractivity contribution >= 4 is 22.8 Å². The highest BCUT2D eigenvalue weighted by Crippen LogP contribution is 2.10. The van der Waals surface area contributed by atoms with Gasteiger partial charge < -0.3 is 5.11 Å². The fourth-order valence-electron chi connectivity index (χ4n) is 1.37. The van der Waals surface area contributed by atoms with Crippen LogP contribution in [0.5, 0.6) is 0 Å². The molecule has 0 atom stereocenters. The quantitative estimate of drug-likeness (QED) is 0.846. The van der Waals surface area contributed by atoms with Gasteiger partial charge in [-0.25, -0.2) is 0 Å². The van der Waals surface area contributed by atoms with E-state index in [1.54, 1.807) is 0 Å². The van der Waals surface area contributed by atoms with Gasteiger partial charge in [0.1, 0.15) is 0 Å². The molecule has 0 saturated heterocycles. The summed E-state index contributed by atoms with van der Waals surface area (Å²) in [5.74, 6) is 5.53. The first-order valence-corrected chi connectivity index (χ1v) is 6.50. The molecule has 18 heavy (non-hydrogen) atoms. The molecule has 1 N–H and O–H groups in total. The van der Waals surface area contributed by atoms with E-state index in [2.05, 4.69) is 11.8 Å². The van der Waals surface area contributed by atoms with E-state index in [4.69, 9.17) is 5.11 Å². The Balaban J connectivity index is 2.69. The first-order chi connectivity index (χ1) is 8.59. The first kappa shape index (κ1) is 14.3. The summed E-state index contributed by atoms with van der Waals surface area (Å²) >= 11 is 1.17. The fourth-order valence-corrected chi connectivity index (χ4v) is 1.72. The van der Waals surface area contributed by atoms with Crippen molar-refractivity contribution < 1.29 is 14.7 Å². The van der Waals surface area contributed by atoms with E-state index < -0.39 is 5.97 Å². The molecule has 94 valence electrons. The predicted octanol–water partition coefficient (Wildman–Crippen LogP) is 2.33. The Morgan fingerprint density at radius 1 is 1.33 bits per heavy atom. The Labute approximate surface area is 111 Å². The molecule has 1 aromatic rings. The van der Waals surface area contributed by atoms with E-state index in [1.807, 2.05) is 24.3 Å². The van der Waals surface area contributed by atoms with Crippen molar-refractivity contribution in [3.63, 3.8) is 0 Å². The van der Waals surface area contributed by atoms with Gasteiger partial charge in [0, 0.05) is 18.9 Å². The SMILES string of the molecule is CC(=O)SCC#Cc1ccccc1CCC(=O)O. The van der Waals surface area contributed by atoms with Gasteiger partial charge in [-0.3, -0.25) is 9.59 Å². The number of thioether (sulfide) groups is 1. The van der Waals surface area contributed by atoms with Crippen LogP contribution < -0.4 is 0 Å². The number of carbonyl (C=O) groups is 2. The highest BCUT2D eigenvalue weighted by Gasteiger charge is 2.02. The third kappa shape index (κ3) is 5.55. The summed E-state index contributed by atoms with van der Waals surface area (Å²) < 4.78 is 0. The number of benzene rings is 1. The molecule has 4 heteroatoms. The van der Waals surface area contributed by atoms with E-state index in [0.29, 0.717) is 12.2 Å². The second kappa shape index (κ2) is 7.57. The predicted molar refractivity (Wildman–Crippen MR) is 72.4 cm³/mol. The Hall–Kier alpha value is -1.73. The van der Waals surface area contributed by atoms with Crippen LogP contribution in [0.3, 0.4) is 0 Å². The number of hydrogen-bond acceptors (Lipinski definition) is 3. The van der Waals surface area contributed by atoms with E-state index in [0.717, 1.165) is 11.1 Å². The van der Waals surface area contributed by atoms with Crippen LogP contribution in [0.2, 0.25) is 0 Å². The van der Waals surface area contributed by atoms with Crippen LogP contribution in [0, 0.1) is 11.8 Å². The molecule has 0 aliphatic carbocycles. The van der Waals surface area contributed by atoms with Gasteiger partial charge in [-0.15, -0.1) is 0 Å². The Morgan fingerprint density at radius 2 is 2.06 bits per heavy atom. The van der Waals surface area contributed by atoms with Gasteiger partial charge in [-0.2, -0.15) is 0 Å². The third-order valence-electron chi connectivity index (χ3n) is 2.20. The summed E-state index contributed by atoms with van der Waals surface area (Å²) in [6.07, 6.45) is 0.570. The highest BCUT2D eigenvalue weighted by atomic mass is 32.2. The zero-order valence-corrected chi connectivity index (χ0v) is 10.9. The Kier molecular flexibility index (Phi) is 6.03. The lowest BCUT2D eigenvalue weighted by atomic mass is 10.0. The van der Waals surface area contributed by atoms with Crippen molar-refractivity contribution in [1.82, 2.24) is 0 Å². The number of aryl methyl sites for hydroxylation is 1. The van der Waals surface area contributed by atoms with Gasteiger partial charge in [-0.1, -0.05) is 41.8 Å². The maximum atomic E-state index is 10.7. The molecule has 0 spiro atoms. The molecule has 0 unspecified atom stereocenters. The average Bonchev–Trinajstić information content (AvgIpc) is 2.33. The molecule has 0 aromatic heterocycles. The van der Waals surface area contributed by atoms with Crippen molar-refractivity contribution in [3.8, 4) is 11.8 Å². The molecule has 0 aliphatic rings. The average molecular weight is 262 g/mol. The van der Waals surface area contributed by atoms with Crippen LogP contribution in [0.25, 0.3) is 0 Å². The first-order valence-electron chi connectivity index (χ1n) is 5.51. The minimum Gasteiger partial charge on any atom is -0.481 e. The van der Waals surface area contributed by atoms with Crippen LogP contribution in [0.1, 0.15) is 24.5 Å². The van der Waals surface area contributed by atoms with E-state index in [9.17, 15) is 9.59 Å². The second-order valence-corrected chi connectivity index (χ2v) is 4.79. The van der Waals surface area contributed by atoms with E-state index >= 15 is 0 Å². The highest BCUT2D eigenvalue weighted by molar-refractivity contribution is 8.13. The lowest BCUT2D eigenvalue weighted by molar-refractivity contribution is -0.137. The molecule has 3 nitrogen and oxygen atoms in total. The van der Waals surface area contributed by atoms with Gasteiger partial charge in [-0.05, 0) is 18.1 Å². The summed E-state index contributed by atoms with van der Waals surface area (Å²) in [4.78, 5) is 21.3. The lowest BCUT2D eigenvalue weighted by Crippen LogP contribution is -1.99. The zero-order valence-electron chi connectivity index (χ0n) is 10.1. The molecule has 0 bridgehead atoms. The van der Waals surface area contributed by atoms with Gasteiger partial charge in [0.15, 0.2) is 5.12 Å². The summed E-state index contributed by atoms with van der Waals surface area (Å²) in [5.41, 5.74) is 1.77. The van der Waals surface area contributed by atoms with Crippen LogP contribution >= 0.6 is 11.8 Å². The van der Waals surface area contributed by atoms with E-state index in [1.165, 1.54) is 18.7 Å². The molecule has 1 rings (SSSR count). The van der Waals surface area contributed by atoms with Crippen LogP contribution in [-0.2, 0) is 16.0 Å². The maximum Gasteiger partial charge on any atom is 0.303 e. The summed E-state index contributed by atoms with van der Waals surface area (Å²) in [5, 5.41) is 8.71. The van der Waals surface area contributed by atoms with Gasteiger partial charge >= 0.3 is 5.97 Å². The second-order valence-electron chi connectivity index (χ2n) is 3.63. The molecular formula is C14H14O3S. The van der Waals surface area contributed by atoms with Gasteiger partial charge in [0.2, 0.25) is 0 Å². The normalized spacial score (nSPS) is 9.39. The summed E-state index contributed by atoms with van der Waals surface area (Å²) in [6.45, 7) is 1.51. The van der Waals surface area contributed by atoms with Crippen LogP contribution in [0.15, 0.2) is 24.3 Å². The van der Waals surface area contributed by atoms with Crippen molar-refractivity contribution in [2.24, 2.45) is 0 Å². The number of hydrogen-bond donors (Lipinski definition) is 1. The monoisotopic (exact) mass is 262 g/mol. The molecule has 0 amide bonds. The smallest absolute Gasteiger partial charge is 0.303 e. The molecule has 0 radical (unpaired) electrons. The minimum absolute atomic E-state index is 0.0449. The Morgan fingerprint density at radius 3 is 2.72 bits per heavy atom. The minimum atomic E-state index is -0.815. The van der Waals surface area contributed by atoms with Crippen molar-refractivity contribution in [2.45, 2.75) is 19.8 Å². The molecule has 0 fully saturated rings. The maximum absolute atomic E-state index is 10.7. The van der Waals surface area contributed by atoms with Crippen molar-refractivity contribution in [1.29, 1.82) is 0 Å². The number of aliphatic carboxylic acids is 1. The van der Waals surface area contributed by atoms with Crippen LogP contribution in [0.4, 0.5) is 0 Å². The van der Waals surface area contributed by atoms with E-state index in [-0.39, 0.29) is 11.5 Å². The lowest BCUT2D eigenvalue weighted by Gasteiger charge is -2.01. The van der Waals surface area contributed by atoms with Gasteiger partial charge in [0.25, 0.3) is 0 Å². The van der Waals surface area contributed by atoms with Crippen molar-refractivity contribution in [3.05, 3.63) is 35.4 Å². The molecule has 1 aromatic carbocycles.